The lowest BCUT2D eigenvalue weighted by Gasteiger charge is -2.25. The van der Waals surface area contributed by atoms with Crippen molar-refractivity contribution < 1.29 is 13.2 Å². The van der Waals surface area contributed by atoms with Gasteiger partial charge in [0.1, 0.15) is 12.2 Å². The quantitative estimate of drug-likeness (QED) is 0.515. The zero-order valence-corrected chi connectivity index (χ0v) is 22.2. The Bertz CT molecular complexity index is 1380. The second kappa shape index (κ2) is 10.1. The molecule has 35 heavy (non-hydrogen) atoms. The third-order valence-corrected chi connectivity index (χ3v) is 7.97. The van der Waals surface area contributed by atoms with Crippen LogP contribution in [0.1, 0.15) is 36.2 Å². The summed E-state index contributed by atoms with van der Waals surface area (Å²) in [6, 6.07) is 12.6. The largest absolute Gasteiger partial charge is 0.354 e. The van der Waals surface area contributed by atoms with Crippen LogP contribution in [-0.4, -0.2) is 36.8 Å². The molecule has 0 saturated heterocycles. The molecule has 1 aromatic heterocycles. The Morgan fingerprint density at radius 1 is 1.03 bits per heavy atom. The van der Waals surface area contributed by atoms with Gasteiger partial charge in [-0.2, -0.15) is 0 Å². The maximum atomic E-state index is 14.1. The molecular weight excluding hydrogens is 464 g/mol. The molecule has 0 fully saturated rings. The molecular formula is C26H34N4O4S. The van der Waals surface area contributed by atoms with E-state index in [4.69, 9.17) is 0 Å². The third-order valence-electron chi connectivity index (χ3n) is 5.92. The maximum Gasteiger partial charge on any atom is 0.296 e. The van der Waals surface area contributed by atoms with Crippen LogP contribution in [0.5, 0.6) is 0 Å². The van der Waals surface area contributed by atoms with Crippen LogP contribution in [0, 0.1) is 33.6 Å². The number of para-hydroxylation sites is 1. The molecule has 9 heteroatoms. The number of rotatable bonds is 8. The highest BCUT2D eigenvalue weighted by atomic mass is 32.2. The molecule has 1 N–H and O–H groups in total. The minimum atomic E-state index is -4.25. The van der Waals surface area contributed by atoms with E-state index in [1.54, 1.807) is 68.9 Å². The van der Waals surface area contributed by atoms with Crippen LogP contribution in [0.15, 0.2) is 52.2 Å². The Morgan fingerprint density at radius 3 is 2.14 bits per heavy atom. The maximum absolute atomic E-state index is 14.1. The zero-order chi connectivity index (χ0) is 26.1. The van der Waals surface area contributed by atoms with E-state index in [0.29, 0.717) is 29.1 Å². The van der Waals surface area contributed by atoms with Gasteiger partial charge in [0, 0.05) is 13.6 Å². The first-order valence-electron chi connectivity index (χ1n) is 11.6. The Hall–Kier alpha value is -3.33. The molecule has 0 aliphatic heterocycles. The van der Waals surface area contributed by atoms with Crippen molar-refractivity contribution in [1.82, 2.24) is 14.7 Å². The lowest BCUT2D eigenvalue weighted by Crippen LogP contribution is -2.44. The molecule has 0 unspecified atom stereocenters. The van der Waals surface area contributed by atoms with Crippen LogP contribution in [-0.2, 0) is 21.9 Å². The SMILES string of the molecule is Cc1cc(C)c(S(=O)(=O)N(CC(=O)NCC(C)C)c2c(C)n(C)n(-c3ccccc3)c2=O)c(C)c1. The molecule has 3 rings (SSSR count). The predicted molar refractivity (Wildman–Crippen MR) is 139 cm³/mol. The molecule has 0 radical (unpaired) electrons. The van der Waals surface area contributed by atoms with Crippen molar-refractivity contribution in [3.05, 3.63) is 75.2 Å². The second-order valence-corrected chi connectivity index (χ2v) is 11.1. The first-order chi connectivity index (χ1) is 16.4. The first kappa shape index (κ1) is 26.3. The van der Waals surface area contributed by atoms with Crippen molar-refractivity contribution in [2.75, 3.05) is 17.4 Å². The summed E-state index contributed by atoms with van der Waals surface area (Å²) in [4.78, 5) is 26.7. The average Bonchev–Trinajstić information content (AvgIpc) is 2.98. The molecule has 3 aromatic rings. The number of carbonyl (C=O) groups excluding carboxylic acids is 1. The molecule has 0 atom stereocenters. The minimum Gasteiger partial charge on any atom is -0.354 e. The van der Waals surface area contributed by atoms with Crippen LogP contribution in [0.3, 0.4) is 0 Å². The van der Waals surface area contributed by atoms with Gasteiger partial charge in [0.15, 0.2) is 0 Å². The number of nitrogens with one attached hydrogen (secondary N) is 1. The molecule has 188 valence electrons. The number of amides is 1. The van der Waals surface area contributed by atoms with E-state index < -0.39 is 28.0 Å². The van der Waals surface area contributed by atoms with Crippen LogP contribution in [0.4, 0.5) is 5.69 Å². The Balaban J connectivity index is 2.25. The standard InChI is InChI=1S/C26H34N4O4S/c1-17(2)15-27-23(31)16-29(35(33,34)25-19(4)13-18(3)14-20(25)5)24-21(6)28(7)30(26(24)32)22-11-9-8-10-12-22/h8-14,17H,15-16H2,1-7H3,(H,27,31). The van der Waals surface area contributed by atoms with E-state index in [9.17, 15) is 18.0 Å². The number of sulfonamides is 1. The highest BCUT2D eigenvalue weighted by Gasteiger charge is 2.35. The number of hydrogen-bond donors (Lipinski definition) is 1. The van der Waals surface area contributed by atoms with Gasteiger partial charge >= 0.3 is 0 Å². The molecule has 0 aliphatic carbocycles. The van der Waals surface area contributed by atoms with Crippen molar-refractivity contribution in [2.45, 2.75) is 46.4 Å². The molecule has 1 amide bonds. The van der Waals surface area contributed by atoms with Gasteiger partial charge in [-0.15, -0.1) is 0 Å². The van der Waals surface area contributed by atoms with Gasteiger partial charge in [-0.25, -0.2) is 17.4 Å². The van der Waals surface area contributed by atoms with Crippen LogP contribution >= 0.6 is 0 Å². The number of aromatic nitrogens is 2. The number of anilines is 1. The summed E-state index contributed by atoms with van der Waals surface area (Å²) in [5, 5.41) is 2.78. The predicted octanol–water partition coefficient (Wildman–Crippen LogP) is 3.38. The van der Waals surface area contributed by atoms with Crippen molar-refractivity contribution >= 4 is 21.6 Å². The fourth-order valence-corrected chi connectivity index (χ4v) is 6.20. The summed E-state index contributed by atoms with van der Waals surface area (Å²) in [7, 11) is -2.56. The van der Waals surface area contributed by atoms with Gasteiger partial charge in [0.2, 0.25) is 5.91 Å². The normalized spacial score (nSPS) is 11.7. The first-order valence-corrected chi connectivity index (χ1v) is 13.0. The Morgan fingerprint density at radius 2 is 1.60 bits per heavy atom. The van der Waals surface area contributed by atoms with Crippen LogP contribution in [0.25, 0.3) is 5.69 Å². The molecule has 0 aliphatic rings. The number of benzene rings is 2. The van der Waals surface area contributed by atoms with Crippen molar-refractivity contribution in [1.29, 1.82) is 0 Å². The van der Waals surface area contributed by atoms with Gasteiger partial charge in [-0.1, -0.05) is 49.7 Å². The average molecular weight is 499 g/mol. The van der Waals surface area contributed by atoms with Gasteiger partial charge in [0.05, 0.1) is 16.3 Å². The fourth-order valence-electron chi connectivity index (χ4n) is 4.31. The molecule has 1 heterocycles. The summed E-state index contributed by atoms with van der Waals surface area (Å²) in [6.07, 6.45) is 0. The van der Waals surface area contributed by atoms with E-state index in [1.807, 2.05) is 26.8 Å². The number of hydrogen-bond acceptors (Lipinski definition) is 4. The third kappa shape index (κ3) is 5.19. The molecule has 0 saturated carbocycles. The molecule has 0 spiro atoms. The number of nitrogens with zero attached hydrogens (tertiary/aromatic N) is 3. The zero-order valence-electron chi connectivity index (χ0n) is 21.4. The van der Waals surface area contributed by atoms with E-state index in [1.165, 1.54) is 4.68 Å². The van der Waals surface area contributed by atoms with Crippen molar-refractivity contribution in [3.8, 4) is 5.69 Å². The van der Waals surface area contributed by atoms with Crippen LogP contribution in [0.2, 0.25) is 0 Å². The fraction of sp³-hybridized carbons (Fsp3) is 0.385. The lowest BCUT2D eigenvalue weighted by atomic mass is 10.1. The van der Waals surface area contributed by atoms with E-state index >= 15 is 0 Å². The van der Waals surface area contributed by atoms with Gasteiger partial charge in [0.25, 0.3) is 15.6 Å². The summed E-state index contributed by atoms with van der Waals surface area (Å²) in [6.45, 7) is 10.8. The smallest absolute Gasteiger partial charge is 0.296 e. The monoisotopic (exact) mass is 498 g/mol. The highest BCUT2D eigenvalue weighted by molar-refractivity contribution is 7.93. The minimum absolute atomic E-state index is 0.0459. The summed E-state index contributed by atoms with van der Waals surface area (Å²) < 4.78 is 32.2. The molecule has 0 bridgehead atoms. The van der Waals surface area contributed by atoms with Crippen molar-refractivity contribution in [3.63, 3.8) is 0 Å². The highest BCUT2D eigenvalue weighted by Crippen LogP contribution is 2.29. The number of carbonyl (C=O) groups is 1. The van der Waals surface area contributed by atoms with Crippen LogP contribution < -0.4 is 15.2 Å². The van der Waals surface area contributed by atoms with Gasteiger partial charge in [-0.05, 0) is 56.9 Å². The van der Waals surface area contributed by atoms with Crippen molar-refractivity contribution in [2.24, 2.45) is 13.0 Å². The van der Waals surface area contributed by atoms with Gasteiger partial charge in [-0.3, -0.25) is 14.3 Å². The molecule has 8 nitrogen and oxygen atoms in total. The Labute approximate surface area is 207 Å². The summed E-state index contributed by atoms with van der Waals surface area (Å²) >= 11 is 0. The summed E-state index contributed by atoms with van der Waals surface area (Å²) in [5.41, 5.74) is 2.52. The number of aryl methyl sites for hydroxylation is 3. The van der Waals surface area contributed by atoms with E-state index in [-0.39, 0.29) is 16.5 Å². The van der Waals surface area contributed by atoms with E-state index in [0.717, 1.165) is 9.87 Å². The molecule has 2 aromatic carbocycles. The Kier molecular flexibility index (Phi) is 7.59. The topological polar surface area (TPSA) is 93.4 Å². The van der Waals surface area contributed by atoms with E-state index in [2.05, 4.69) is 5.32 Å². The summed E-state index contributed by atoms with van der Waals surface area (Å²) in [5.74, 6) is -0.280. The lowest BCUT2D eigenvalue weighted by molar-refractivity contribution is -0.119. The van der Waals surface area contributed by atoms with Gasteiger partial charge < -0.3 is 5.32 Å². The second-order valence-electron chi connectivity index (χ2n) is 9.35.